The summed E-state index contributed by atoms with van der Waals surface area (Å²) in [4.78, 5) is 13.1. The molecule has 37 heavy (non-hydrogen) atoms. The number of benzene rings is 3. The van der Waals surface area contributed by atoms with E-state index in [0.29, 0.717) is 29.6 Å². The van der Waals surface area contributed by atoms with Gasteiger partial charge in [-0.25, -0.2) is 4.39 Å². The maximum Gasteiger partial charge on any atom is 0.221 e. The third-order valence-electron chi connectivity index (χ3n) is 5.85. The van der Waals surface area contributed by atoms with E-state index >= 15 is 0 Å². The van der Waals surface area contributed by atoms with Crippen LogP contribution < -0.4 is 5.32 Å². The zero-order valence-electron chi connectivity index (χ0n) is 21.7. The molecule has 0 saturated carbocycles. The normalized spacial score (nSPS) is 12.4. The molecule has 0 bridgehead atoms. The van der Waals surface area contributed by atoms with Crippen LogP contribution in [0.25, 0.3) is 5.69 Å². The van der Waals surface area contributed by atoms with E-state index in [0.717, 1.165) is 22.4 Å². The van der Waals surface area contributed by atoms with Crippen LogP contribution in [0, 0.1) is 18.2 Å². The van der Waals surface area contributed by atoms with E-state index in [4.69, 9.17) is 0 Å². The van der Waals surface area contributed by atoms with Crippen molar-refractivity contribution in [3.63, 3.8) is 0 Å². The van der Waals surface area contributed by atoms with E-state index in [9.17, 15) is 9.18 Å². The second-order valence-corrected chi connectivity index (χ2v) is 11.4. The molecule has 0 aliphatic carbocycles. The number of hydrogen-bond acceptors (Lipinski definition) is 4. The van der Waals surface area contributed by atoms with Crippen LogP contribution in [0.5, 0.6) is 0 Å². The molecule has 0 saturated heterocycles. The van der Waals surface area contributed by atoms with Gasteiger partial charge in [-0.2, -0.15) is 0 Å². The number of rotatable bonds is 9. The van der Waals surface area contributed by atoms with E-state index in [1.165, 1.54) is 23.9 Å². The zero-order valence-corrected chi connectivity index (χ0v) is 22.6. The van der Waals surface area contributed by atoms with Crippen molar-refractivity contribution in [3.05, 3.63) is 107 Å². The number of amides is 1. The van der Waals surface area contributed by atoms with Gasteiger partial charge in [0.1, 0.15) is 5.82 Å². The first kappa shape index (κ1) is 26.6. The summed E-state index contributed by atoms with van der Waals surface area (Å²) >= 11 is 1.53. The predicted molar refractivity (Wildman–Crippen MR) is 147 cm³/mol. The molecule has 1 atom stereocenters. The minimum atomic E-state index is -0.369. The largest absolute Gasteiger partial charge is 0.346 e. The molecule has 0 aliphatic heterocycles. The molecule has 4 aromatic rings. The maximum atomic E-state index is 13.4. The Morgan fingerprint density at radius 2 is 1.62 bits per heavy atom. The first-order chi connectivity index (χ1) is 17.7. The van der Waals surface area contributed by atoms with Crippen molar-refractivity contribution >= 4 is 17.7 Å². The van der Waals surface area contributed by atoms with Gasteiger partial charge in [0, 0.05) is 17.9 Å². The molecule has 0 fully saturated rings. The SMILES string of the molecule is Cc1ccc(-n2c(SCc3ccc(F)cc3)nnc2C(Cc2ccccc2)NC(=O)CC(C)(C)C)cc1. The summed E-state index contributed by atoms with van der Waals surface area (Å²) in [6.45, 7) is 8.21. The monoisotopic (exact) mass is 516 g/mol. The Balaban J connectivity index is 1.71. The molecule has 0 aliphatic rings. The Morgan fingerprint density at radius 3 is 2.27 bits per heavy atom. The second kappa shape index (κ2) is 11.7. The summed E-state index contributed by atoms with van der Waals surface area (Å²) in [7, 11) is 0. The third-order valence-corrected chi connectivity index (χ3v) is 6.85. The highest BCUT2D eigenvalue weighted by Gasteiger charge is 2.26. The molecular weight excluding hydrogens is 483 g/mol. The highest BCUT2D eigenvalue weighted by Crippen LogP contribution is 2.30. The predicted octanol–water partition coefficient (Wildman–Crippen LogP) is 6.84. The Bertz CT molecular complexity index is 1310. The van der Waals surface area contributed by atoms with Crippen molar-refractivity contribution in [1.82, 2.24) is 20.1 Å². The van der Waals surface area contributed by atoms with Crippen molar-refractivity contribution in [3.8, 4) is 5.69 Å². The summed E-state index contributed by atoms with van der Waals surface area (Å²) in [5.41, 5.74) is 4.03. The van der Waals surface area contributed by atoms with E-state index in [2.05, 4.69) is 60.6 Å². The number of nitrogens with one attached hydrogen (secondary N) is 1. The standard InChI is InChI=1S/C30H33FN4OS/c1-21-10-16-25(17-11-21)35-28(33-34-29(35)37-20-23-12-14-24(31)15-13-23)26(18-22-8-6-5-7-9-22)32-27(36)19-30(2,3)4/h5-17,26H,18-20H2,1-4H3,(H,32,36). The van der Waals surface area contributed by atoms with Crippen LogP contribution in [0.3, 0.4) is 0 Å². The fourth-order valence-corrected chi connectivity index (χ4v) is 4.96. The van der Waals surface area contributed by atoms with Crippen LogP contribution in [0.2, 0.25) is 0 Å². The number of halogens is 1. The first-order valence-corrected chi connectivity index (χ1v) is 13.4. The number of aromatic nitrogens is 3. The lowest BCUT2D eigenvalue weighted by molar-refractivity contribution is -0.123. The Morgan fingerprint density at radius 1 is 0.946 bits per heavy atom. The van der Waals surface area contributed by atoms with E-state index in [1.54, 1.807) is 12.1 Å². The van der Waals surface area contributed by atoms with Crippen LogP contribution in [-0.2, 0) is 17.0 Å². The number of carbonyl (C=O) groups excluding carboxylic acids is 1. The van der Waals surface area contributed by atoms with Gasteiger partial charge in [0.05, 0.1) is 6.04 Å². The fourth-order valence-electron chi connectivity index (χ4n) is 4.05. The van der Waals surface area contributed by atoms with Gasteiger partial charge in [-0.05, 0) is 54.2 Å². The summed E-state index contributed by atoms with van der Waals surface area (Å²) in [6.07, 6.45) is 0.993. The van der Waals surface area contributed by atoms with Crippen LogP contribution >= 0.6 is 11.8 Å². The average molecular weight is 517 g/mol. The molecule has 0 radical (unpaired) electrons. The molecule has 4 rings (SSSR count). The minimum absolute atomic E-state index is 0.0209. The molecule has 5 nitrogen and oxygen atoms in total. The van der Waals surface area contributed by atoms with Gasteiger partial charge in [0.2, 0.25) is 5.91 Å². The zero-order chi connectivity index (χ0) is 26.4. The number of aryl methyl sites for hydroxylation is 1. The molecule has 1 N–H and O–H groups in total. The molecule has 192 valence electrons. The van der Waals surface area contributed by atoms with Gasteiger partial charge in [-0.1, -0.05) is 92.7 Å². The summed E-state index contributed by atoms with van der Waals surface area (Å²) < 4.78 is 15.4. The van der Waals surface area contributed by atoms with Gasteiger partial charge in [0.15, 0.2) is 11.0 Å². The quantitative estimate of drug-likeness (QED) is 0.247. The van der Waals surface area contributed by atoms with Crippen molar-refractivity contribution in [2.75, 3.05) is 0 Å². The Labute approximate surface area is 222 Å². The van der Waals surface area contributed by atoms with Crippen molar-refractivity contribution in [2.45, 2.75) is 57.5 Å². The summed E-state index contributed by atoms with van der Waals surface area (Å²) in [6, 6.07) is 24.4. The van der Waals surface area contributed by atoms with Crippen LogP contribution in [-0.4, -0.2) is 20.7 Å². The highest BCUT2D eigenvalue weighted by atomic mass is 32.2. The molecular formula is C30H33FN4OS. The molecule has 7 heteroatoms. The minimum Gasteiger partial charge on any atom is -0.346 e. The number of thioether (sulfide) groups is 1. The molecule has 3 aromatic carbocycles. The smallest absolute Gasteiger partial charge is 0.221 e. The lowest BCUT2D eigenvalue weighted by Crippen LogP contribution is -2.34. The van der Waals surface area contributed by atoms with Gasteiger partial charge in [0.25, 0.3) is 0 Å². The molecule has 1 unspecified atom stereocenters. The summed E-state index contributed by atoms with van der Waals surface area (Å²) in [5.74, 6) is 1.02. The van der Waals surface area contributed by atoms with Crippen LogP contribution in [0.4, 0.5) is 4.39 Å². The van der Waals surface area contributed by atoms with E-state index in [-0.39, 0.29) is 23.2 Å². The van der Waals surface area contributed by atoms with E-state index in [1.807, 2.05) is 41.8 Å². The fraction of sp³-hybridized carbons (Fsp3) is 0.300. The van der Waals surface area contributed by atoms with Crippen LogP contribution in [0.15, 0.2) is 84.0 Å². The molecule has 1 heterocycles. The second-order valence-electron chi connectivity index (χ2n) is 10.5. The Kier molecular flexibility index (Phi) is 8.44. The van der Waals surface area contributed by atoms with Crippen molar-refractivity contribution in [2.24, 2.45) is 5.41 Å². The highest BCUT2D eigenvalue weighted by molar-refractivity contribution is 7.98. The van der Waals surface area contributed by atoms with E-state index < -0.39 is 0 Å². The summed E-state index contributed by atoms with van der Waals surface area (Å²) in [5, 5.41) is 13.1. The molecule has 1 aromatic heterocycles. The Hall–Kier alpha value is -3.45. The van der Waals surface area contributed by atoms with Gasteiger partial charge in [-0.3, -0.25) is 9.36 Å². The first-order valence-electron chi connectivity index (χ1n) is 12.4. The van der Waals surface area contributed by atoms with Crippen molar-refractivity contribution < 1.29 is 9.18 Å². The topological polar surface area (TPSA) is 59.8 Å². The number of nitrogens with zero attached hydrogens (tertiary/aromatic N) is 3. The molecule has 0 spiro atoms. The average Bonchev–Trinajstić information content (AvgIpc) is 3.27. The lowest BCUT2D eigenvalue weighted by atomic mass is 9.91. The number of carbonyl (C=O) groups is 1. The van der Waals surface area contributed by atoms with Crippen LogP contribution in [0.1, 0.15) is 55.7 Å². The van der Waals surface area contributed by atoms with Gasteiger partial charge in [-0.15, -0.1) is 10.2 Å². The van der Waals surface area contributed by atoms with Crippen molar-refractivity contribution in [1.29, 1.82) is 0 Å². The third kappa shape index (κ3) is 7.52. The van der Waals surface area contributed by atoms with Gasteiger partial charge < -0.3 is 5.32 Å². The number of hydrogen-bond donors (Lipinski definition) is 1. The van der Waals surface area contributed by atoms with Gasteiger partial charge >= 0.3 is 0 Å². The lowest BCUT2D eigenvalue weighted by Gasteiger charge is -2.23. The molecule has 1 amide bonds. The maximum absolute atomic E-state index is 13.4.